The van der Waals surface area contributed by atoms with Crippen molar-refractivity contribution in [3.05, 3.63) is 52.0 Å². The Morgan fingerprint density at radius 3 is 2.28 bits per heavy atom. The van der Waals surface area contributed by atoms with Crippen LogP contribution in [0.5, 0.6) is 11.5 Å². The molecule has 2 aromatic rings. The van der Waals surface area contributed by atoms with Gasteiger partial charge in [0.05, 0.1) is 18.7 Å². The van der Waals surface area contributed by atoms with E-state index in [1.54, 1.807) is 14.2 Å². The topological polar surface area (TPSA) is 24.9 Å². The van der Waals surface area contributed by atoms with Crippen LogP contribution in [0.2, 0.25) is 0 Å². The smallest absolute Gasteiger partial charge is 0.135 e. The quantitative estimate of drug-likeness (QED) is 0.748. The summed E-state index contributed by atoms with van der Waals surface area (Å²) in [6.45, 7) is 7.26. The van der Waals surface area contributed by atoms with Crippen LogP contribution >= 0.6 is 15.9 Å². The number of benzene rings is 2. The van der Waals surface area contributed by atoms with Gasteiger partial charge >= 0.3 is 0 Å². The van der Waals surface area contributed by atoms with E-state index in [2.05, 4.69) is 69.1 Å². The van der Waals surface area contributed by atoms with Crippen molar-refractivity contribution in [2.24, 2.45) is 0 Å². The highest BCUT2D eigenvalue weighted by atomic mass is 79.9. The molecule has 1 heterocycles. The van der Waals surface area contributed by atoms with Crippen molar-refractivity contribution in [3.63, 3.8) is 0 Å². The summed E-state index contributed by atoms with van der Waals surface area (Å²) in [4.78, 5) is 4.93. The maximum Gasteiger partial charge on any atom is 0.135 e. The summed E-state index contributed by atoms with van der Waals surface area (Å²) in [6.07, 6.45) is 0. The Balaban J connectivity index is 1.59. The van der Waals surface area contributed by atoms with E-state index in [0.29, 0.717) is 0 Å². The second-order valence-electron chi connectivity index (χ2n) is 6.39. The van der Waals surface area contributed by atoms with Gasteiger partial charge in [-0.1, -0.05) is 12.1 Å². The second-order valence-corrected chi connectivity index (χ2v) is 7.24. The van der Waals surface area contributed by atoms with Gasteiger partial charge in [-0.2, -0.15) is 0 Å². The molecule has 0 atom stereocenters. The molecule has 5 heteroatoms. The first-order valence-corrected chi connectivity index (χ1v) is 9.34. The minimum absolute atomic E-state index is 0.883. The zero-order chi connectivity index (χ0) is 17.8. The largest absolute Gasteiger partial charge is 0.496 e. The molecule has 0 amide bonds. The number of halogens is 1. The summed E-state index contributed by atoms with van der Waals surface area (Å²) < 4.78 is 11.8. The molecule has 0 radical (unpaired) electrons. The van der Waals surface area contributed by atoms with Crippen LogP contribution < -0.4 is 14.4 Å². The number of nitrogens with zero attached hydrogens (tertiary/aromatic N) is 2. The molecule has 0 N–H and O–H groups in total. The van der Waals surface area contributed by atoms with Crippen LogP contribution in [0.3, 0.4) is 0 Å². The third-order valence-corrected chi connectivity index (χ3v) is 5.39. The third-order valence-electron chi connectivity index (χ3n) is 4.74. The van der Waals surface area contributed by atoms with Crippen molar-refractivity contribution in [1.29, 1.82) is 0 Å². The van der Waals surface area contributed by atoms with Crippen LogP contribution in [0.1, 0.15) is 11.1 Å². The number of ether oxygens (including phenoxy) is 2. The molecule has 1 aliphatic rings. The molecular weight excluding hydrogens is 380 g/mol. The monoisotopic (exact) mass is 404 g/mol. The maximum atomic E-state index is 5.41. The van der Waals surface area contributed by atoms with Crippen LogP contribution in [0.4, 0.5) is 5.69 Å². The molecule has 134 valence electrons. The van der Waals surface area contributed by atoms with Crippen LogP contribution in [-0.2, 0) is 6.54 Å². The summed E-state index contributed by atoms with van der Waals surface area (Å²) in [5.41, 5.74) is 3.76. The van der Waals surface area contributed by atoms with Crippen molar-refractivity contribution in [3.8, 4) is 11.5 Å². The fourth-order valence-corrected chi connectivity index (χ4v) is 3.71. The van der Waals surface area contributed by atoms with Gasteiger partial charge < -0.3 is 14.4 Å². The summed E-state index contributed by atoms with van der Waals surface area (Å²) >= 11 is 3.52. The van der Waals surface area contributed by atoms with Gasteiger partial charge in [0.2, 0.25) is 0 Å². The Morgan fingerprint density at radius 2 is 1.64 bits per heavy atom. The molecular formula is C20H25BrN2O2. The van der Waals surface area contributed by atoms with E-state index >= 15 is 0 Å². The lowest BCUT2D eigenvalue weighted by atomic mass is 10.1. The molecule has 0 saturated carbocycles. The van der Waals surface area contributed by atoms with Crippen molar-refractivity contribution < 1.29 is 9.47 Å². The minimum atomic E-state index is 0.883. The predicted molar refractivity (Wildman–Crippen MR) is 106 cm³/mol. The first kappa shape index (κ1) is 18.1. The van der Waals surface area contributed by atoms with Crippen molar-refractivity contribution in [1.82, 2.24) is 4.90 Å². The van der Waals surface area contributed by atoms with Gasteiger partial charge in [-0.25, -0.2) is 0 Å². The van der Waals surface area contributed by atoms with E-state index in [0.717, 1.165) is 48.7 Å². The Kier molecular flexibility index (Phi) is 5.86. The van der Waals surface area contributed by atoms with Gasteiger partial charge in [-0.05, 0) is 52.2 Å². The summed E-state index contributed by atoms with van der Waals surface area (Å²) in [6, 6.07) is 12.8. The molecule has 4 nitrogen and oxygen atoms in total. The van der Waals surface area contributed by atoms with Crippen molar-refractivity contribution in [2.45, 2.75) is 13.5 Å². The highest BCUT2D eigenvalue weighted by Crippen LogP contribution is 2.30. The normalized spacial score (nSPS) is 15.3. The molecule has 0 unspecified atom stereocenters. The number of rotatable bonds is 5. The molecule has 0 aliphatic carbocycles. The maximum absolute atomic E-state index is 5.41. The number of methoxy groups -OCH3 is 2. The molecule has 2 aromatic carbocycles. The van der Waals surface area contributed by atoms with Gasteiger partial charge in [-0.3, -0.25) is 4.90 Å². The molecule has 25 heavy (non-hydrogen) atoms. The molecule has 1 aliphatic heterocycles. The minimum Gasteiger partial charge on any atom is -0.496 e. The molecule has 0 aromatic heterocycles. The van der Waals surface area contributed by atoms with E-state index in [1.165, 1.54) is 16.8 Å². The van der Waals surface area contributed by atoms with E-state index in [4.69, 9.17) is 9.47 Å². The zero-order valence-electron chi connectivity index (χ0n) is 15.1. The van der Waals surface area contributed by atoms with Crippen molar-refractivity contribution in [2.75, 3.05) is 45.3 Å². The number of anilines is 1. The summed E-state index contributed by atoms with van der Waals surface area (Å²) in [7, 11) is 3.43. The SMILES string of the molecule is COc1ccc(CN2CCN(c3ccc(Br)c(OC)c3)CC2)cc1C. The van der Waals surface area contributed by atoms with Crippen LogP contribution in [0.15, 0.2) is 40.9 Å². The van der Waals surface area contributed by atoms with Crippen LogP contribution in [-0.4, -0.2) is 45.3 Å². The summed E-state index contributed by atoms with van der Waals surface area (Å²) in [5.74, 6) is 1.84. The molecule has 1 fully saturated rings. The molecule has 0 bridgehead atoms. The second kappa shape index (κ2) is 8.11. The fraction of sp³-hybridized carbons (Fsp3) is 0.400. The van der Waals surface area contributed by atoms with E-state index < -0.39 is 0 Å². The predicted octanol–water partition coefficient (Wildman–Crippen LogP) is 4.10. The molecule has 0 spiro atoms. The highest BCUT2D eigenvalue weighted by Gasteiger charge is 2.18. The average molecular weight is 405 g/mol. The van der Waals surface area contributed by atoms with E-state index in [9.17, 15) is 0 Å². The standard InChI is InChI=1S/C20H25BrN2O2/c1-15-12-16(4-7-19(15)24-2)14-22-8-10-23(11-9-22)17-5-6-18(21)20(13-17)25-3/h4-7,12-13H,8-11,14H2,1-3H3. The summed E-state index contributed by atoms with van der Waals surface area (Å²) in [5, 5.41) is 0. The van der Waals surface area contributed by atoms with E-state index in [1.807, 2.05) is 0 Å². The van der Waals surface area contributed by atoms with Gasteiger partial charge in [-0.15, -0.1) is 0 Å². The Hall–Kier alpha value is -1.72. The lowest BCUT2D eigenvalue weighted by molar-refractivity contribution is 0.249. The number of aryl methyl sites for hydroxylation is 1. The first-order valence-electron chi connectivity index (χ1n) is 8.55. The van der Waals surface area contributed by atoms with Gasteiger partial charge in [0.1, 0.15) is 11.5 Å². The lowest BCUT2D eigenvalue weighted by Crippen LogP contribution is -2.45. The number of hydrogen-bond acceptors (Lipinski definition) is 4. The first-order chi connectivity index (χ1) is 12.1. The Morgan fingerprint density at radius 1 is 0.920 bits per heavy atom. The third kappa shape index (κ3) is 4.28. The zero-order valence-corrected chi connectivity index (χ0v) is 16.7. The lowest BCUT2D eigenvalue weighted by Gasteiger charge is -2.36. The average Bonchev–Trinajstić information content (AvgIpc) is 2.63. The highest BCUT2D eigenvalue weighted by molar-refractivity contribution is 9.10. The number of hydrogen-bond donors (Lipinski definition) is 0. The molecule has 1 saturated heterocycles. The molecule has 3 rings (SSSR count). The van der Waals surface area contributed by atoms with Gasteiger partial charge in [0.25, 0.3) is 0 Å². The van der Waals surface area contributed by atoms with E-state index in [-0.39, 0.29) is 0 Å². The van der Waals surface area contributed by atoms with Gasteiger partial charge in [0, 0.05) is 44.5 Å². The number of piperazine rings is 1. The van der Waals surface area contributed by atoms with Crippen LogP contribution in [0, 0.1) is 6.92 Å². The Labute approximate surface area is 158 Å². The van der Waals surface area contributed by atoms with Crippen molar-refractivity contribution >= 4 is 21.6 Å². The van der Waals surface area contributed by atoms with Gasteiger partial charge in [0.15, 0.2) is 0 Å². The fourth-order valence-electron chi connectivity index (χ4n) is 3.31. The van der Waals surface area contributed by atoms with Crippen LogP contribution in [0.25, 0.3) is 0 Å². The Bertz CT molecular complexity index is 728.